The van der Waals surface area contributed by atoms with Crippen LogP contribution >= 0.6 is 0 Å². The molecule has 3 amide bonds. The van der Waals surface area contributed by atoms with Crippen LogP contribution in [0.15, 0.2) is 18.2 Å². The summed E-state index contributed by atoms with van der Waals surface area (Å²) in [6.07, 6.45) is 3.05. The van der Waals surface area contributed by atoms with Crippen molar-refractivity contribution in [1.29, 1.82) is 0 Å². The van der Waals surface area contributed by atoms with E-state index in [1.807, 2.05) is 0 Å². The standard InChI is InChI=1S/C23H30FN3O5/c1-21(2)16-5-4-15(24)12-17(16)27(18(21)28)20(31)25-13-23(32)8-10-26(11-9-23)14-22(19(29)30)6-3-7-22/h4-5,12,32H,3,6-11,13-14H2,1-2H3,(H,25,31)(H,29,30). The predicted octanol–water partition coefficient (Wildman–Crippen LogP) is 2.24. The van der Waals surface area contributed by atoms with Crippen molar-refractivity contribution in [3.63, 3.8) is 0 Å². The molecule has 32 heavy (non-hydrogen) atoms. The summed E-state index contributed by atoms with van der Waals surface area (Å²) in [7, 11) is 0. The minimum atomic E-state index is -1.15. The number of nitrogens with zero attached hydrogens (tertiary/aromatic N) is 2. The number of anilines is 1. The van der Waals surface area contributed by atoms with Crippen LogP contribution < -0.4 is 10.2 Å². The number of rotatable bonds is 5. The molecule has 2 aliphatic heterocycles. The van der Waals surface area contributed by atoms with Gasteiger partial charge in [-0.2, -0.15) is 0 Å². The van der Waals surface area contributed by atoms with Crippen LogP contribution in [0.3, 0.4) is 0 Å². The Morgan fingerprint density at radius 1 is 1.16 bits per heavy atom. The molecule has 1 saturated heterocycles. The molecule has 4 rings (SSSR count). The van der Waals surface area contributed by atoms with Crippen molar-refractivity contribution in [2.45, 2.75) is 57.0 Å². The van der Waals surface area contributed by atoms with Gasteiger partial charge in [0.25, 0.3) is 0 Å². The van der Waals surface area contributed by atoms with Gasteiger partial charge in [0, 0.05) is 26.2 Å². The molecule has 174 valence electrons. The van der Waals surface area contributed by atoms with Gasteiger partial charge in [-0.1, -0.05) is 12.5 Å². The molecular weight excluding hydrogens is 417 g/mol. The number of carboxylic acids is 1. The van der Waals surface area contributed by atoms with Crippen molar-refractivity contribution in [1.82, 2.24) is 10.2 Å². The van der Waals surface area contributed by atoms with Gasteiger partial charge in [-0.25, -0.2) is 14.1 Å². The molecule has 9 heteroatoms. The largest absolute Gasteiger partial charge is 0.481 e. The van der Waals surface area contributed by atoms with E-state index in [0.29, 0.717) is 50.9 Å². The Morgan fingerprint density at radius 2 is 1.81 bits per heavy atom. The molecule has 2 fully saturated rings. The Labute approximate surface area is 186 Å². The molecule has 2 heterocycles. The van der Waals surface area contributed by atoms with Crippen molar-refractivity contribution in [3.8, 4) is 0 Å². The first-order chi connectivity index (χ1) is 15.0. The second-order valence-corrected chi connectivity index (χ2v) is 10.0. The van der Waals surface area contributed by atoms with Crippen LogP contribution in [0.2, 0.25) is 0 Å². The topological polar surface area (TPSA) is 110 Å². The second-order valence-electron chi connectivity index (χ2n) is 10.0. The number of benzene rings is 1. The number of aliphatic carboxylic acids is 1. The zero-order valence-corrected chi connectivity index (χ0v) is 18.5. The highest BCUT2D eigenvalue weighted by Gasteiger charge is 2.48. The maximum absolute atomic E-state index is 13.8. The molecular formula is C23H30FN3O5. The lowest BCUT2D eigenvalue weighted by Crippen LogP contribution is -2.56. The molecule has 0 spiro atoms. The molecule has 1 saturated carbocycles. The van der Waals surface area contributed by atoms with Crippen LogP contribution in [0, 0.1) is 11.2 Å². The number of hydrogen-bond donors (Lipinski definition) is 3. The number of carboxylic acid groups (broad SMARTS) is 1. The van der Waals surface area contributed by atoms with Crippen molar-refractivity contribution >= 4 is 23.6 Å². The number of halogens is 1. The van der Waals surface area contributed by atoms with Gasteiger partial charge in [-0.15, -0.1) is 0 Å². The minimum absolute atomic E-state index is 0.0431. The summed E-state index contributed by atoms with van der Waals surface area (Å²) in [5, 5.41) is 23.1. The number of carbonyl (C=O) groups excluding carboxylic acids is 2. The normalized spacial score (nSPS) is 23.4. The van der Waals surface area contributed by atoms with Crippen molar-refractivity contribution < 1.29 is 29.0 Å². The second kappa shape index (κ2) is 7.81. The van der Waals surface area contributed by atoms with E-state index in [-0.39, 0.29) is 12.2 Å². The summed E-state index contributed by atoms with van der Waals surface area (Å²) in [4.78, 5) is 40.3. The lowest BCUT2D eigenvalue weighted by Gasteiger charge is -2.45. The summed E-state index contributed by atoms with van der Waals surface area (Å²) in [5.74, 6) is -1.74. The average Bonchev–Trinajstić information content (AvgIpc) is 2.89. The molecule has 0 aromatic heterocycles. The van der Waals surface area contributed by atoms with E-state index in [1.165, 1.54) is 18.2 Å². The van der Waals surface area contributed by atoms with Gasteiger partial charge in [-0.05, 0) is 57.2 Å². The van der Waals surface area contributed by atoms with Crippen molar-refractivity contribution in [3.05, 3.63) is 29.6 Å². The molecule has 3 N–H and O–H groups in total. The molecule has 1 aromatic carbocycles. The van der Waals surface area contributed by atoms with E-state index in [1.54, 1.807) is 13.8 Å². The third kappa shape index (κ3) is 3.77. The average molecular weight is 448 g/mol. The molecule has 8 nitrogen and oxygen atoms in total. The van der Waals surface area contributed by atoms with Gasteiger partial charge >= 0.3 is 12.0 Å². The Balaban J connectivity index is 1.36. The molecule has 3 aliphatic rings. The van der Waals surface area contributed by atoms with Gasteiger partial charge in [-0.3, -0.25) is 9.59 Å². The van der Waals surface area contributed by atoms with E-state index in [0.717, 1.165) is 11.3 Å². The Kier molecular flexibility index (Phi) is 5.53. The number of carbonyl (C=O) groups is 3. The minimum Gasteiger partial charge on any atom is -0.481 e. The lowest BCUT2D eigenvalue weighted by molar-refractivity contribution is -0.157. The molecule has 0 radical (unpaired) electrons. The molecule has 1 aromatic rings. The number of likely N-dealkylation sites (tertiary alicyclic amines) is 1. The lowest BCUT2D eigenvalue weighted by atomic mass is 9.68. The summed E-state index contributed by atoms with van der Waals surface area (Å²) in [5.41, 5.74) is -1.97. The number of piperidine rings is 1. The fourth-order valence-corrected chi connectivity index (χ4v) is 5.02. The van der Waals surface area contributed by atoms with E-state index < -0.39 is 40.2 Å². The summed E-state index contributed by atoms with van der Waals surface area (Å²) < 4.78 is 13.8. The van der Waals surface area contributed by atoms with E-state index >= 15 is 0 Å². The maximum atomic E-state index is 13.8. The highest BCUT2D eigenvalue weighted by molar-refractivity contribution is 6.22. The number of urea groups is 1. The highest BCUT2D eigenvalue weighted by atomic mass is 19.1. The van der Waals surface area contributed by atoms with Crippen molar-refractivity contribution in [2.75, 3.05) is 31.1 Å². The number of nitrogens with one attached hydrogen (secondary N) is 1. The highest BCUT2D eigenvalue weighted by Crippen LogP contribution is 2.43. The smallest absolute Gasteiger partial charge is 0.328 e. The first kappa shape index (κ1) is 22.7. The van der Waals surface area contributed by atoms with Gasteiger partial charge in [0.2, 0.25) is 5.91 Å². The molecule has 0 bridgehead atoms. The third-order valence-electron chi connectivity index (χ3n) is 7.46. The first-order valence-corrected chi connectivity index (χ1v) is 11.1. The summed E-state index contributed by atoms with van der Waals surface area (Å²) >= 11 is 0. The fraction of sp³-hybridized carbons (Fsp3) is 0.609. The van der Waals surface area contributed by atoms with Crippen LogP contribution in [-0.4, -0.2) is 64.8 Å². The summed E-state index contributed by atoms with van der Waals surface area (Å²) in [6.45, 7) is 4.88. The van der Waals surface area contributed by atoms with Crippen LogP contribution in [0.5, 0.6) is 0 Å². The maximum Gasteiger partial charge on any atom is 0.328 e. The molecule has 1 aliphatic carbocycles. The van der Waals surface area contributed by atoms with Gasteiger partial charge in [0.05, 0.1) is 22.1 Å². The predicted molar refractivity (Wildman–Crippen MR) is 115 cm³/mol. The number of amides is 3. The molecule has 0 unspecified atom stereocenters. The summed E-state index contributed by atoms with van der Waals surface area (Å²) in [6, 6.07) is 3.27. The Hall–Kier alpha value is -2.52. The van der Waals surface area contributed by atoms with Crippen LogP contribution in [-0.2, 0) is 15.0 Å². The van der Waals surface area contributed by atoms with Gasteiger partial charge in [0.15, 0.2) is 0 Å². The Bertz CT molecular complexity index is 951. The van der Waals surface area contributed by atoms with E-state index in [2.05, 4.69) is 10.2 Å². The zero-order valence-electron chi connectivity index (χ0n) is 18.5. The van der Waals surface area contributed by atoms with Gasteiger partial charge < -0.3 is 20.4 Å². The zero-order chi connectivity index (χ0) is 23.3. The third-order valence-corrected chi connectivity index (χ3v) is 7.46. The van der Waals surface area contributed by atoms with Crippen LogP contribution in [0.4, 0.5) is 14.9 Å². The monoisotopic (exact) mass is 447 g/mol. The van der Waals surface area contributed by atoms with E-state index in [4.69, 9.17) is 0 Å². The quantitative estimate of drug-likeness (QED) is 0.639. The number of fused-ring (bicyclic) bond motifs is 1. The van der Waals surface area contributed by atoms with Crippen LogP contribution in [0.25, 0.3) is 0 Å². The van der Waals surface area contributed by atoms with Crippen molar-refractivity contribution in [2.24, 2.45) is 5.41 Å². The van der Waals surface area contributed by atoms with Gasteiger partial charge in [0.1, 0.15) is 5.82 Å². The number of imide groups is 1. The Morgan fingerprint density at radius 3 is 2.38 bits per heavy atom. The fourth-order valence-electron chi connectivity index (χ4n) is 5.02. The number of aliphatic hydroxyl groups is 1. The SMILES string of the molecule is CC1(C)C(=O)N(C(=O)NCC2(O)CCN(CC3(C(=O)O)CCC3)CC2)c2cc(F)ccc21. The van der Waals surface area contributed by atoms with Crippen LogP contribution in [0.1, 0.15) is 51.5 Å². The first-order valence-electron chi connectivity index (χ1n) is 11.1. The molecule has 0 atom stereocenters. The number of hydrogen-bond acceptors (Lipinski definition) is 5. The van der Waals surface area contributed by atoms with E-state index in [9.17, 15) is 29.0 Å².